The molecule has 7 N–H and O–H groups in total. The molecule has 0 bridgehead atoms. The minimum atomic E-state index is -4.64. The Morgan fingerprint density at radius 1 is 1.33 bits per heavy atom. The van der Waals surface area contributed by atoms with Gasteiger partial charge in [0.15, 0.2) is 11.9 Å². The monoisotopic (exact) mass is 314 g/mol. The summed E-state index contributed by atoms with van der Waals surface area (Å²) in [5, 5.41) is 35.0. The van der Waals surface area contributed by atoms with Crippen LogP contribution in [0.4, 0.5) is 0 Å². The van der Waals surface area contributed by atoms with Gasteiger partial charge in [-0.2, -0.15) is 0 Å². The molecule has 0 aromatic heterocycles. The predicted octanol–water partition coefficient (Wildman–Crippen LogP) is -5.22. The molecule has 0 aromatic carbocycles. The molecule has 12 heteroatoms. The minimum absolute atomic E-state index is 0. The van der Waals surface area contributed by atoms with Crippen LogP contribution in [0.1, 0.15) is 1.43 Å². The Morgan fingerprint density at radius 3 is 1.94 bits per heavy atom. The third-order valence-electron chi connectivity index (χ3n) is 1.48. The SMILES string of the molecule is O=C1O[C@H]([C@@H](O)CO)C(O)=C1O.O=P(O)(O)O.[H-].[K+]. The molecule has 0 spiro atoms. The number of carbonyl (C=O) groups excluding carboxylic acids is 1. The van der Waals surface area contributed by atoms with E-state index in [-0.39, 0.29) is 52.8 Å². The molecule has 1 heterocycles. The number of esters is 1. The number of ether oxygens (including phenoxy) is 1. The van der Waals surface area contributed by atoms with Gasteiger partial charge in [0.2, 0.25) is 5.76 Å². The second-order valence-corrected chi connectivity index (χ2v) is 3.85. The van der Waals surface area contributed by atoms with Crippen molar-refractivity contribution in [3.05, 3.63) is 11.5 Å². The summed E-state index contributed by atoms with van der Waals surface area (Å²) >= 11 is 0. The standard InChI is InChI=1S/C6H8O6.K.H3O4P.H/c7-1-2(8)5-3(9)4(10)6(11)12-5;;1-5(2,3)4;/h2,5,7-10H,1H2;;(H3,1,2,3,4);/q;+1;;-1/t2-,5+;;;/m0.../s1. The maximum atomic E-state index is 10.5. The van der Waals surface area contributed by atoms with E-state index in [0.717, 1.165) is 0 Å². The predicted molar refractivity (Wildman–Crippen MR) is 50.6 cm³/mol. The van der Waals surface area contributed by atoms with E-state index in [0.29, 0.717) is 0 Å². The topological polar surface area (TPSA) is 185 Å². The average molecular weight is 314 g/mol. The van der Waals surface area contributed by atoms with Gasteiger partial charge in [0.1, 0.15) is 6.10 Å². The normalized spacial score (nSPS) is 20.5. The van der Waals surface area contributed by atoms with Crippen LogP contribution in [0.2, 0.25) is 0 Å². The molecule has 0 fully saturated rings. The fourth-order valence-corrected chi connectivity index (χ4v) is 0.823. The zero-order valence-corrected chi connectivity index (χ0v) is 13.2. The zero-order valence-electron chi connectivity index (χ0n) is 10.2. The van der Waals surface area contributed by atoms with Gasteiger partial charge in [0.05, 0.1) is 6.61 Å². The van der Waals surface area contributed by atoms with Crippen molar-refractivity contribution >= 4 is 13.8 Å². The molecular formula is C6H12KO10P. The van der Waals surface area contributed by atoms with Gasteiger partial charge in [-0.25, -0.2) is 9.36 Å². The average Bonchev–Trinajstić information content (AvgIpc) is 2.42. The van der Waals surface area contributed by atoms with Gasteiger partial charge in [-0.15, -0.1) is 0 Å². The van der Waals surface area contributed by atoms with Crippen molar-refractivity contribution in [1.29, 1.82) is 0 Å². The Kier molecular flexibility index (Phi) is 9.94. The van der Waals surface area contributed by atoms with Crippen LogP contribution in [0.3, 0.4) is 0 Å². The summed E-state index contributed by atoms with van der Waals surface area (Å²) in [5.41, 5.74) is 0. The molecule has 18 heavy (non-hydrogen) atoms. The Labute approximate surface area is 145 Å². The first-order chi connectivity index (χ1) is 7.57. The van der Waals surface area contributed by atoms with E-state index in [2.05, 4.69) is 4.74 Å². The number of rotatable bonds is 2. The van der Waals surface area contributed by atoms with Crippen LogP contribution >= 0.6 is 7.82 Å². The summed E-state index contributed by atoms with van der Waals surface area (Å²) in [4.78, 5) is 32.1. The van der Waals surface area contributed by atoms with Crippen molar-refractivity contribution in [3.63, 3.8) is 0 Å². The number of aliphatic hydroxyl groups is 4. The Hall–Kier alpha value is 0.476. The molecule has 0 saturated carbocycles. The summed E-state index contributed by atoms with van der Waals surface area (Å²) in [6, 6.07) is 0. The summed E-state index contributed by atoms with van der Waals surface area (Å²) in [6.07, 6.45) is -2.78. The first-order valence-corrected chi connectivity index (χ1v) is 5.54. The fraction of sp³-hybridized carbons (Fsp3) is 0.500. The van der Waals surface area contributed by atoms with Crippen molar-refractivity contribution in [2.75, 3.05) is 6.61 Å². The van der Waals surface area contributed by atoms with E-state index in [1.54, 1.807) is 0 Å². The first-order valence-electron chi connectivity index (χ1n) is 3.98. The molecule has 0 unspecified atom stereocenters. The fourth-order valence-electron chi connectivity index (χ4n) is 0.823. The molecule has 102 valence electrons. The molecule has 0 aliphatic carbocycles. The van der Waals surface area contributed by atoms with Crippen molar-refractivity contribution in [1.82, 2.24) is 0 Å². The largest absolute Gasteiger partial charge is 1.00 e. The third kappa shape index (κ3) is 7.81. The minimum Gasteiger partial charge on any atom is -1.00 e. The van der Waals surface area contributed by atoms with Gasteiger partial charge in [0, 0.05) is 0 Å². The van der Waals surface area contributed by atoms with Crippen LogP contribution in [0.15, 0.2) is 11.5 Å². The first kappa shape index (κ1) is 20.8. The van der Waals surface area contributed by atoms with E-state index in [1.807, 2.05) is 0 Å². The van der Waals surface area contributed by atoms with Crippen molar-refractivity contribution in [3.8, 4) is 0 Å². The van der Waals surface area contributed by atoms with E-state index < -0.39 is 44.1 Å². The summed E-state index contributed by atoms with van der Waals surface area (Å²) in [5.74, 6) is -2.78. The summed E-state index contributed by atoms with van der Waals surface area (Å²) < 4.78 is 13.2. The number of hydrogen-bond donors (Lipinski definition) is 7. The number of carbonyl (C=O) groups is 1. The summed E-state index contributed by atoms with van der Waals surface area (Å²) in [6.45, 7) is -0.671. The van der Waals surface area contributed by atoms with E-state index in [1.165, 1.54) is 0 Å². The van der Waals surface area contributed by atoms with Crippen molar-refractivity contribution in [2.24, 2.45) is 0 Å². The van der Waals surface area contributed by atoms with E-state index >= 15 is 0 Å². The quantitative estimate of drug-likeness (QED) is 0.147. The molecule has 1 aliphatic heterocycles. The smallest absolute Gasteiger partial charge is 1.00 e. The molecule has 1 aliphatic rings. The molecular weight excluding hydrogens is 302 g/mol. The molecule has 1 rings (SSSR count). The van der Waals surface area contributed by atoms with Crippen LogP contribution in [0, 0.1) is 0 Å². The summed E-state index contributed by atoms with van der Waals surface area (Å²) in [7, 11) is -4.64. The van der Waals surface area contributed by atoms with Gasteiger partial charge < -0.3 is 41.3 Å². The van der Waals surface area contributed by atoms with E-state index in [4.69, 9.17) is 39.7 Å². The van der Waals surface area contributed by atoms with Crippen LogP contribution in [-0.4, -0.2) is 59.9 Å². The van der Waals surface area contributed by atoms with Crippen LogP contribution < -0.4 is 51.4 Å². The van der Waals surface area contributed by atoms with Crippen molar-refractivity contribution < 1.29 is 102 Å². The molecule has 0 amide bonds. The van der Waals surface area contributed by atoms with Crippen LogP contribution in [0.25, 0.3) is 0 Å². The second-order valence-electron chi connectivity index (χ2n) is 2.82. The zero-order chi connectivity index (χ0) is 13.8. The van der Waals surface area contributed by atoms with Gasteiger partial charge >= 0.3 is 65.2 Å². The Morgan fingerprint density at radius 2 is 1.72 bits per heavy atom. The van der Waals surface area contributed by atoms with Crippen LogP contribution in [-0.2, 0) is 14.1 Å². The Balaban J connectivity index is -0.000000320. The number of phosphoric acid groups is 1. The number of hydrogen-bond acceptors (Lipinski definition) is 7. The van der Waals surface area contributed by atoms with Gasteiger partial charge in [-0.05, 0) is 0 Å². The Bertz CT molecular complexity index is 359. The van der Waals surface area contributed by atoms with E-state index in [9.17, 15) is 4.79 Å². The molecule has 0 radical (unpaired) electrons. The maximum absolute atomic E-state index is 10.5. The van der Waals surface area contributed by atoms with Gasteiger partial charge in [0.25, 0.3) is 0 Å². The van der Waals surface area contributed by atoms with Gasteiger partial charge in [-0.3, -0.25) is 0 Å². The molecule has 2 atom stereocenters. The molecule has 0 aromatic rings. The molecule has 0 saturated heterocycles. The van der Waals surface area contributed by atoms with Gasteiger partial charge in [-0.1, -0.05) is 0 Å². The third-order valence-corrected chi connectivity index (χ3v) is 1.48. The maximum Gasteiger partial charge on any atom is 1.00 e. The number of aliphatic hydroxyl groups excluding tert-OH is 4. The van der Waals surface area contributed by atoms with Crippen LogP contribution in [0.5, 0.6) is 0 Å². The second kappa shape index (κ2) is 8.61. The molecule has 10 nitrogen and oxygen atoms in total. The van der Waals surface area contributed by atoms with Crippen molar-refractivity contribution in [2.45, 2.75) is 12.2 Å². The number of cyclic esters (lactones) is 1.